The highest BCUT2D eigenvalue weighted by molar-refractivity contribution is 5.81. The molecule has 1 aliphatic rings. The molecule has 116 valence electrons. The van der Waals surface area contributed by atoms with Crippen LogP contribution in [0.5, 0.6) is 0 Å². The lowest BCUT2D eigenvalue weighted by Crippen LogP contribution is -2.47. The van der Waals surface area contributed by atoms with Gasteiger partial charge in [-0.1, -0.05) is 0 Å². The third-order valence-electron chi connectivity index (χ3n) is 3.60. The van der Waals surface area contributed by atoms with Crippen molar-refractivity contribution in [3.8, 4) is 0 Å². The van der Waals surface area contributed by atoms with Gasteiger partial charge in [-0.3, -0.25) is 9.59 Å². The van der Waals surface area contributed by atoms with Crippen LogP contribution in [0.25, 0.3) is 0 Å². The van der Waals surface area contributed by atoms with Crippen molar-refractivity contribution in [3.63, 3.8) is 0 Å². The Labute approximate surface area is 116 Å². The maximum Gasteiger partial charge on any atom is 0.397 e. The van der Waals surface area contributed by atoms with E-state index >= 15 is 0 Å². The molecule has 1 fully saturated rings. The van der Waals surface area contributed by atoms with Crippen LogP contribution in [0.3, 0.4) is 0 Å². The van der Waals surface area contributed by atoms with Crippen LogP contribution in [0, 0.1) is 5.92 Å². The Hall–Kier alpha value is -1.27. The smallest absolute Gasteiger partial charge is 0.343 e. The monoisotopic (exact) mass is 294 g/mol. The van der Waals surface area contributed by atoms with Crippen LogP contribution < -0.4 is 0 Å². The van der Waals surface area contributed by atoms with Gasteiger partial charge in [0.05, 0.1) is 5.92 Å². The lowest BCUT2D eigenvalue weighted by Gasteiger charge is -2.35. The van der Waals surface area contributed by atoms with Crippen LogP contribution in [0.1, 0.15) is 33.1 Å². The van der Waals surface area contributed by atoms with Crippen LogP contribution in [-0.2, 0) is 9.59 Å². The highest BCUT2D eigenvalue weighted by Crippen LogP contribution is 2.24. The fourth-order valence-electron chi connectivity index (χ4n) is 2.23. The first-order valence-electron chi connectivity index (χ1n) is 6.73. The number of hydrogen-bond donors (Lipinski definition) is 0. The van der Waals surface area contributed by atoms with E-state index in [-0.39, 0.29) is 18.5 Å². The van der Waals surface area contributed by atoms with Gasteiger partial charge in [-0.2, -0.15) is 13.2 Å². The van der Waals surface area contributed by atoms with Crippen LogP contribution in [0.2, 0.25) is 0 Å². The zero-order chi connectivity index (χ0) is 15.5. The number of nitrogens with zero attached hydrogens (tertiary/aromatic N) is 2. The Morgan fingerprint density at radius 3 is 2.45 bits per heavy atom. The van der Waals surface area contributed by atoms with Crippen molar-refractivity contribution in [2.75, 3.05) is 20.1 Å². The van der Waals surface area contributed by atoms with Gasteiger partial charge in [0, 0.05) is 26.2 Å². The van der Waals surface area contributed by atoms with E-state index in [0.717, 1.165) is 4.90 Å². The minimum atomic E-state index is -4.50. The SMILES string of the molecule is CC(C)N(C)C(=O)[C@H]1CCCN(C(=O)CC(F)(F)F)C1. The Bertz CT molecular complexity index is 369. The summed E-state index contributed by atoms with van der Waals surface area (Å²) < 4.78 is 36.7. The summed E-state index contributed by atoms with van der Waals surface area (Å²) in [6.45, 7) is 4.12. The topological polar surface area (TPSA) is 40.6 Å². The Balaban J connectivity index is 2.63. The molecule has 0 aromatic heterocycles. The summed E-state index contributed by atoms with van der Waals surface area (Å²) in [5.41, 5.74) is 0. The molecule has 0 unspecified atom stereocenters. The van der Waals surface area contributed by atoms with Crippen molar-refractivity contribution < 1.29 is 22.8 Å². The molecule has 0 aromatic carbocycles. The fraction of sp³-hybridized carbons (Fsp3) is 0.846. The number of amides is 2. The molecule has 0 bridgehead atoms. The molecule has 1 saturated heterocycles. The largest absolute Gasteiger partial charge is 0.397 e. The number of halogens is 3. The number of piperidine rings is 1. The highest BCUT2D eigenvalue weighted by Gasteiger charge is 2.36. The highest BCUT2D eigenvalue weighted by atomic mass is 19.4. The summed E-state index contributed by atoms with van der Waals surface area (Å²) in [5, 5.41) is 0. The third kappa shape index (κ3) is 4.68. The second kappa shape index (κ2) is 6.45. The number of likely N-dealkylation sites (tertiary alicyclic amines) is 1. The molecule has 1 rings (SSSR count). The lowest BCUT2D eigenvalue weighted by molar-refractivity contribution is -0.163. The van der Waals surface area contributed by atoms with Gasteiger partial charge in [0.25, 0.3) is 0 Å². The van der Waals surface area contributed by atoms with E-state index in [1.165, 1.54) is 0 Å². The number of carbonyl (C=O) groups is 2. The van der Waals surface area contributed by atoms with E-state index in [1.54, 1.807) is 11.9 Å². The van der Waals surface area contributed by atoms with Crippen molar-refractivity contribution in [2.45, 2.75) is 45.3 Å². The molecule has 0 N–H and O–H groups in total. The molecule has 20 heavy (non-hydrogen) atoms. The summed E-state index contributed by atoms with van der Waals surface area (Å²) in [6.07, 6.45) is -4.77. The van der Waals surface area contributed by atoms with Gasteiger partial charge in [-0.05, 0) is 26.7 Å². The second-order valence-electron chi connectivity index (χ2n) is 5.51. The summed E-state index contributed by atoms with van der Waals surface area (Å²) >= 11 is 0. The molecule has 0 spiro atoms. The maximum absolute atomic E-state index is 12.2. The molecule has 0 aliphatic carbocycles. The molecule has 4 nitrogen and oxygen atoms in total. The van der Waals surface area contributed by atoms with Crippen molar-refractivity contribution in [1.29, 1.82) is 0 Å². The predicted molar refractivity (Wildman–Crippen MR) is 67.9 cm³/mol. The number of hydrogen-bond acceptors (Lipinski definition) is 2. The molecule has 0 radical (unpaired) electrons. The standard InChI is InChI=1S/C13H21F3N2O2/c1-9(2)17(3)12(20)10-5-4-6-18(8-10)11(19)7-13(14,15)16/h9-10H,4-8H2,1-3H3/t10-/m0/s1. The molecule has 2 amide bonds. The minimum absolute atomic E-state index is 0.0313. The summed E-state index contributed by atoms with van der Waals surface area (Å²) in [4.78, 5) is 26.5. The van der Waals surface area contributed by atoms with Crippen molar-refractivity contribution >= 4 is 11.8 Å². The molecular weight excluding hydrogens is 273 g/mol. The van der Waals surface area contributed by atoms with Crippen LogP contribution in [0.15, 0.2) is 0 Å². The predicted octanol–water partition coefficient (Wildman–Crippen LogP) is 2.04. The van der Waals surface area contributed by atoms with Crippen molar-refractivity contribution in [1.82, 2.24) is 9.80 Å². The average Bonchev–Trinajstić information content (AvgIpc) is 2.35. The Morgan fingerprint density at radius 2 is 1.95 bits per heavy atom. The lowest BCUT2D eigenvalue weighted by atomic mass is 9.96. The zero-order valence-electron chi connectivity index (χ0n) is 12.0. The first kappa shape index (κ1) is 16.8. The third-order valence-corrected chi connectivity index (χ3v) is 3.60. The normalized spacial score (nSPS) is 20.1. The first-order chi connectivity index (χ1) is 9.11. The molecule has 7 heteroatoms. The van der Waals surface area contributed by atoms with Crippen LogP contribution in [-0.4, -0.2) is 54.0 Å². The minimum Gasteiger partial charge on any atom is -0.343 e. The summed E-state index contributed by atoms with van der Waals surface area (Å²) in [6, 6.07) is 0.0313. The molecule has 1 aliphatic heterocycles. The summed E-state index contributed by atoms with van der Waals surface area (Å²) in [5.74, 6) is -1.44. The van der Waals surface area contributed by atoms with E-state index in [1.807, 2.05) is 13.8 Å². The number of carbonyl (C=O) groups excluding carboxylic acids is 2. The zero-order valence-corrected chi connectivity index (χ0v) is 12.0. The van der Waals surface area contributed by atoms with Gasteiger partial charge in [0.2, 0.25) is 11.8 Å². The molecule has 0 saturated carbocycles. The van der Waals surface area contributed by atoms with Crippen LogP contribution >= 0.6 is 0 Å². The van der Waals surface area contributed by atoms with Crippen LogP contribution in [0.4, 0.5) is 13.2 Å². The van der Waals surface area contributed by atoms with E-state index in [2.05, 4.69) is 0 Å². The average molecular weight is 294 g/mol. The molecule has 0 aromatic rings. The van der Waals surface area contributed by atoms with Gasteiger partial charge in [-0.25, -0.2) is 0 Å². The number of rotatable bonds is 3. The van der Waals surface area contributed by atoms with E-state index < -0.39 is 24.4 Å². The molecular formula is C13H21F3N2O2. The summed E-state index contributed by atoms with van der Waals surface area (Å²) in [7, 11) is 1.67. The van der Waals surface area contributed by atoms with Gasteiger partial charge in [0.15, 0.2) is 0 Å². The van der Waals surface area contributed by atoms with E-state index in [0.29, 0.717) is 19.4 Å². The van der Waals surface area contributed by atoms with Gasteiger partial charge < -0.3 is 9.80 Å². The van der Waals surface area contributed by atoms with Gasteiger partial charge in [0.1, 0.15) is 6.42 Å². The molecule has 1 atom stereocenters. The van der Waals surface area contributed by atoms with Crippen molar-refractivity contribution in [3.05, 3.63) is 0 Å². The number of alkyl halides is 3. The quantitative estimate of drug-likeness (QED) is 0.799. The van der Waals surface area contributed by atoms with Crippen molar-refractivity contribution in [2.24, 2.45) is 5.92 Å². The van der Waals surface area contributed by atoms with Gasteiger partial charge in [-0.15, -0.1) is 0 Å². The maximum atomic E-state index is 12.2. The van der Waals surface area contributed by atoms with E-state index in [4.69, 9.17) is 0 Å². The van der Waals surface area contributed by atoms with E-state index in [9.17, 15) is 22.8 Å². The first-order valence-corrected chi connectivity index (χ1v) is 6.73. The fourth-order valence-corrected chi connectivity index (χ4v) is 2.23. The Kier molecular flexibility index (Phi) is 5.42. The molecule has 1 heterocycles. The Morgan fingerprint density at radius 1 is 1.35 bits per heavy atom. The second-order valence-corrected chi connectivity index (χ2v) is 5.51. The van der Waals surface area contributed by atoms with Gasteiger partial charge >= 0.3 is 6.18 Å².